The normalized spacial score (nSPS) is 20.9. The van der Waals surface area contributed by atoms with Gasteiger partial charge in [-0.3, -0.25) is 9.69 Å². The van der Waals surface area contributed by atoms with E-state index in [1.165, 1.54) is 10.9 Å². The first-order chi connectivity index (χ1) is 14.1. The number of H-pyrrole nitrogens is 1. The standard InChI is InChI=1S/C23H23N3O2S/c1-3-12-25-22(27)19-13-17-16-6-4-5-7-18(16)24-20(17)21(26(19)23(25)29)14-8-10-15(28-2)11-9-14/h4-11,19,21,24H,3,12-13H2,1-2H3/t19-,21-/m0/s1. The van der Waals surface area contributed by atoms with Crippen LogP contribution in [0.25, 0.3) is 10.9 Å². The Morgan fingerprint density at radius 1 is 1.17 bits per heavy atom. The Labute approximate surface area is 175 Å². The fraction of sp³-hybridized carbons (Fsp3) is 0.304. The zero-order valence-corrected chi connectivity index (χ0v) is 17.3. The van der Waals surface area contributed by atoms with Crippen molar-refractivity contribution in [3.05, 3.63) is 65.4 Å². The van der Waals surface area contributed by atoms with Gasteiger partial charge in [0, 0.05) is 29.6 Å². The van der Waals surface area contributed by atoms with Crippen LogP contribution in [0.3, 0.4) is 0 Å². The number of benzene rings is 2. The molecule has 0 unspecified atom stereocenters. The third-order valence-corrected chi connectivity index (χ3v) is 6.44. The van der Waals surface area contributed by atoms with E-state index in [4.69, 9.17) is 17.0 Å². The number of rotatable bonds is 4. The van der Waals surface area contributed by atoms with Crippen LogP contribution in [0.1, 0.15) is 36.2 Å². The van der Waals surface area contributed by atoms with Crippen LogP contribution in [-0.4, -0.2) is 45.5 Å². The molecule has 2 aliphatic heterocycles. The van der Waals surface area contributed by atoms with Gasteiger partial charge < -0.3 is 14.6 Å². The molecule has 2 atom stereocenters. The molecule has 5 nitrogen and oxygen atoms in total. The van der Waals surface area contributed by atoms with Crippen LogP contribution in [0.5, 0.6) is 5.75 Å². The van der Waals surface area contributed by atoms with Crippen molar-refractivity contribution in [2.45, 2.75) is 31.8 Å². The minimum absolute atomic E-state index is 0.117. The summed E-state index contributed by atoms with van der Waals surface area (Å²) in [5, 5.41) is 1.82. The van der Waals surface area contributed by atoms with E-state index in [1.807, 2.05) is 18.2 Å². The zero-order valence-electron chi connectivity index (χ0n) is 16.5. The number of aromatic amines is 1. The molecule has 1 amide bonds. The van der Waals surface area contributed by atoms with Crippen LogP contribution >= 0.6 is 12.2 Å². The molecule has 0 radical (unpaired) electrons. The highest BCUT2D eigenvalue weighted by molar-refractivity contribution is 7.80. The van der Waals surface area contributed by atoms with Gasteiger partial charge in [0.2, 0.25) is 0 Å². The molecule has 3 heterocycles. The molecule has 6 heteroatoms. The molecule has 1 saturated heterocycles. The van der Waals surface area contributed by atoms with Crippen molar-refractivity contribution in [2.75, 3.05) is 13.7 Å². The lowest BCUT2D eigenvalue weighted by atomic mass is 9.89. The topological polar surface area (TPSA) is 48.6 Å². The fourth-order valence-electron chi connectivity index (χ4n) is 4.69. The monoisotopic (exact) mass is 405 g/mol. The molecule has 2 aromatic carbocycles. The van der Waals surface area contributed by atoms with Gasteiger partial charge in [-0.2, -0.15) is 0 Å². The molecule has 1 fully saturated rings. The Balaban J connectivity index is 1.70. The van der Waals surface area contributed by atoms with Crippen LogP contribution in [0, 0.1) is 0 Å². The van der Waals surface area contributed by atoms with E-state index in [9.17, 15) is 4.79 Å². The van der Waals surface area contributed by atoms with Crippen LogP contribution in [0.2, 0.25) is 0 Å². The molecule has 3 aromatic rings. The molecule has 29 heavy (non-hydrogen) atoms. The lowest BCUT2D eigenvalue weighted by Gasteiger charge is -2.37. The molecular formula is C23H23N3O2S. The van der Waals surface area contributed by atoms with E-state index in [0.717, 1.165) is 28.9 Å². The van der Waals surface area contributed by atoms with Crippen LogP contribution in [0.15, 0.2) is 48.5 Å². The number of ether oxygens (including phenoxy) is 1. The summed E-state index contributed by atoms with van der Waals surface area (Å²) in [6, 6.07) is 16.0. The molecule has 5 rings (SSSR count). The Morgan fingerprint density at radius 2 is 1.93 bits per heavy atom. The van der Waals surface area contributed by atoms with Crippen molar-refractivity contribution in [3.63, 3.8) is 0 Å². The van der Waals surface area contributed by atoms with E-state index >= 15 is 0 Å². The quantitative estimate of drug-likeness (QED) is 0.666. The number of carbonyl (C=O) groups excluding carboxylic acids is 1. The number of aromatic nitrogens is 1. The third-order valence-electron chi connectivity index (χ3n) is 6.01. The van der Waals surface area contributed by atoms with Gasteiger partial charge in [-0.1, -0.05) is 37.3 Å². The van der Waals surface area contributed by atoms with E-state index in [-0.39, 0.29) is 18.0 Å². The Hall–Kier alpha value is -2.86. The predicted molar refractivity (Wildman–Crippen MR) is 117 cm³/mol. The Morgan fingerprint density at radius 3 is 2.66 bits per heavy atom. The zero-order chi connectivity index (χ0) is 20.1. The molecule has 0 saturated carbocycles. The van der Waals surface area contributed by atoms with Gasteiger partial charge in [-0.25, -0.2) is 0 Å². The summed E-state index contributed by atoms with van der Waals surface area (Å²) in [6.45, 7) is 2.73. The maximum Gasteiger partial charge on any atom is 0.251 e. The molecule has 1 aromatic heterocycles. The molecule has 2 aliphatic rings. The molecule has 148 valence electrons. The second kappa shape index (κ2) is 6.88. The lowest BCUT2D eigenvalue weighted by Crippen LogP contribution is -2.44. The third kappa shape index (κ3) is 2.66. The number of hydrogen-bond donors (Lipinski definition) is 1. The summed E-state index contributed by atoms with van der Waals surface area (Å²) >= 11 is 5.81. The fourth-order valence-corrected chi connectivity index (χ4v) is 5.11. The number of para-hydroxylation sites is 1. The maximum absolute atomic E-state index is 13.3. The second-order valence-corrected chi connectivity index (χ2v) is 8.00. The first-order valence-electron chi connectivity index (χ1n) is 10.0. The van der Waals surface area contributed by atoms with Crippen molar-refractivity contribution in [1.29, 1.82) is 0 Å². The SMILES string of the molecule is CCCN1C(=O)[C@@H]2Cc3c([nH]c4ccccc34)[C@H](c3ccc(OC)cc3)N2C1=S. The summed E-state index contributed by atoms with van der Waals surface area (Å²) in [5.41, 5.74) is 4.54. The number of thiocarbonyl (C=S) groups is 1. The summed E-state index contributed by atoms with van der Waals surface area (Å²) < 4.78 is 5.34. The molecule has 0 spiro atoms. The Kier molecular flexibility index (Phi) is 4.32. The number of nitrogens with zero attached hydrogens (tertiary/aromatic N) is 2. The summed E-state index contributed by atoms with van der Waals surface area (Å²) in [7, 11) is 1.67. The second-order valence-electron chi connectivity index (χ2n) is 7.64. The van der Waals surface area contributed by atoms with Crippen molar-refractivity contribution in [3.8, 4) is 5.75 Å². The minimum Gasteiger partial charge on any atom is -0.497 e. The van der Waals surface area contributed by atoms with Gasteiger partial charge in [0.05, 0.1) is 13.2 Å². The van der Waals surface area contributed by atoms with Crippen LogP contribution in [0.4, 0.5) is 0 Å². The first kappa shape index (κ1) is 18.2. The summed E-state index contributed by atoms with van der Waals surface area (Å²) in [4.78, 5) is 20.8. The number of amides is 1. The van der Waals surface area contributed by atoms with E-state index in [1.54, 1.807) is 12.0 Å². The maximum atomic E-state index is 13.3. The van der Waals surface area contributed by atoms with Crippen LogP contribution < -0.4 is 4.74 Å². The van der Waals surface area contributed by atoms with E-state index in [0.29, 0.717) is 18.1 Å². The van der Waals surface area contributed by atoms with Gasteiger partial charge in [-0.05, 0) is 48.0 Å². The molecule has 0 aliphatic carbocycles. The van der Waals surface area contributed by atoms with Gasteiger partial charge in [0.15, 0.2) is 5.11 Å². The molecule has 1 N–H and O–H groups in total. The lowest BCUT2D eigenvalue weighted by molar-refractivity contribution is -0.128. The number of fused-ring (bicyclic) bond motifs is 4. The first-order valence-corrected chi connectivity index (χ1v) is 10.4. The number of hydrogen-bond acceptors (Lipinski definition) is 3. The number of methoxy groups -OCH3 is 1. The Bertz CT molecular complexity index is 1110. The van der Waals surface area contributed by atoms with Crippen LogP contribution in [-0.2, 0) is 11.2 Å². The van der Waals surface area contributed by atoms with Gasteiger partial charge in [-0.15, -0.1) is 0 Å². The minimum atomic E-state index is -0.257. The van der Waals surface area contributed by atoms with Gasteiger partial charge in [0.1, 0.15) is 11.8 Å². The van der Waals surface area contributed by atoms with Crippen molar-refractivity contribution in [2.24, 2.45) is 0 Å². The number of carbonyl (C=O) groups is 1. The predicted octanol–water partition coefficient (Wildman–Crippen LogP) is 4.03. The molecule has 0 bridgehead atoms. The van der Waals surface area contributed by atoms with Gasteiger partial charge in [0.25, 0.3) is 5.91 Å². The smallest absolute Gasteiger partial charge is 0.251 e. The van der Waals surface area contributed by atoms with E-state index in [2.05, 4.69) is 47.1 Å². The van der Waals surface area contributed by atoms with E-state index < -0.39 is 0 Å². The highest BCUT2D eigenvalue weighted by Crippen LogP contribution is 2.44. The van der Waals surface area contributed by atoms with Crippen molar-refractivity contribution >= 4 is 34.1 Å². The highest BCUT2D eigenvalue weighted by atomic mass is 32.1. The average molecular weight is 406 g/mol. The molecular weight excluding hydrogens is 382 g/mol. The van der Waals surface area contributed by atoms with Crippen molar-refractivity contribution in [1.82, 2.24) is 14.8 Å². The van der Waals surface area contributed by atoms with Gasteiger partial charge >= 0.3 is 0 Å². The largest absolute Gasteiger partial charge is 0.497 e. The summed E-state index contributed by atoms with van der Waals surface area (Å²) in [6.07, 6.45) is 1.55. The number of nitrogens with one attached hydrogen (secondary N) is 1. The highest BCUT2D eigenvalue weighted by Gasteiger charge is 2.50. The average Bonchev–Trinajstić information content (AvgIpc) is 3.23. The van der Waals surface area contributed by atoms with Crippen molar-refractivity contribution < 1.29 is 9.53 Å². The summed E-state index contributed by atoms with van der Waals surface area (Å²) in [5.74, 6) is 0.928.